The Morgan fingerprint density at radius 1 is 0.867 bits per heavy atom. The van der Waals surface area contributed by atoms with E-state index in [1.807, 2.05) is 45.1 Å². The topological polar surface area (TPSA) is 0 Å². The Morgan fingerprint density at radius 3 is 1.73 bits per heavy atom. The first-order valence-corrected chi connectivity index (χ1v) is 5.08. The molecule has 82 valence electrons. The molecule has 0 heterocycles. The molecular weight excluding hydrogens is 180 g/mol. The van der Waals surface area contributed by atoms with Crippen molar-refractivity contribution < 1.29 is 0 Å². The van der Waals surface area contributed by atoms with Crippen LogP contribution in [0.15, 0.2) is 73.4 Å². The maximum atomic E-state index is 3.87. The van der Waals surface area contributed by atoms with Crippen LogP contribution in [0.5, 0.6) is 0 Å². The average Bonchev–Trinajstić information content (AvgIpc) is 2.25. The molecule has 0 spiro atoms. The van der Waals surface area contributed by atoms with Crippen LogP contribution in [0.1, 0.15) is 20.8 Å². The summed E-state index contributed by atoms with van der Waals surface area (Å²) in [5, 5.41) is 0. The molecule has 0 amide bonds. The zero-order chi connectivity index (χ0) is 12.3. The van der Waals surface area contributed by atoms with Gasteiger partial charge in [0, 0.05) is 0 Å². The molecule has 0 N–H and O–H groups in total. The van der Waals surface area contributed by atoms with Crippen molar-refractivity contribution in [2.45, 2.75) is 20.8 Å². The Hall–Kier alpha value is -1.56. The van der Waals surface area contributed by atoms with E-state index in [1.54, 1.807) is 6.08 Å². The molecule has 0 rings (SSSR count). The fourth-order valence-electron chi connectivity index (χ4n) is 0.641. The summed E-state index contributed by atoms with van der Waals surface area (Å²) in [6, 6.07) is 0. The van der Waals surface area contributed by atoms with E-state index in [0.717, 1.165) is 16.7 Å². The molecule has 0 radical (unpaired) electrons. The van der Waals surface area contributed by atoms with Crippen molar-refractivity contribution in [1.82, 2.24) is 0 Å². The van der Waals surface area contributed by atoms with Crippen molar-refractivity contribution in [3.8, 4) is 0 Å². The van der Waals surface area contributed by atoms with E-state index in [2.05, 4.69) is 26.3 Å². The highest BCUT2D eigenvalue weighted by atomic mass is 13.9. The average molecular weight is 202 g/mol. The minimum Gasteiger partial charge on any atom is -0.0991 e. The summed E-state index contributed by atoms with van der Waals surface area (Å²) in [4.78, 5) is 0. The van der Waals surface area contributed by atoms with Gasteiger partial charge in [0.25, 0.3) is 0 Å². The fraction of sp³-hybridized carbons (Fsp3) is 0.200. The Balaban J connectivity index is 0. The van der Waals surface area contributed by atoms with Crippen molar-refractivity contribution >= 4 is 0 Å². The van der Waals surface area contributed by atoms with Crippen molar-refractivity contribution in [2.75, 3.05) is 0 Å². The van der Waals surface area contributed by atoms with Gasteiger partial charge >= 0.3 is 0 Å². The molecule has 0 aliphatic rings. The van der Waals surface area contributed by atoms with Crippen molar-refractivity contribution in [2.24, 2.45) is 0 Å². The molecule has 0 aliphatic heterocycles. The molecule has 0 nitrogen and oxygen atoms in total. The zero-order valence-electron chi connectivity index (χ0n) is 10.2. The molecular formula is C15H22. The Morgan fingerprint density at radius 2 is 1.33 bits per heavy atom. The van der Waals surface area contributed by atoms with Crippen LogP contribution in [-0.4, -0.2) is 0 Å². The van der Waals surface area contributed by atoms with Crippen LogP contribution >= 0.6 is 0 Å². The second kappa shape index (κ2) is 10.5. The highest BCUT2D eigenvalue weighted by molar-refractivity contribution is 5.44. The van der Waals surface area contributed by atoms with Crippen LogP contribution in [0, 0.1) is 0 Å². The lowest BCUT2D eigenvalue weighted by molar-refractivity contribution is 1.50. The van der Waals surface area contributed by atoms with Crippen molar-refractivity contribution in [3.05, 3.63) is 73.4 Å². The minimum atomic E-state index is 0.886. The lowest BCUT2D eigenvalue weighted by Crippen LogP contribution is -1.77. The van der Waals surface area contributed by atoms with Crippen LogP contribution in [-0.2, 0) is 0 Å². The van der Waals surface area contributed by atoms with Gasteiger partial charge in [-0.25, -0.2) is 0 Å². The molecule has 0 heteroatoms. The van der Waals surface area contributed by atoms with Crippen molar-refractivity contribution in [1.29, 1.82) is 0 Å². The van der Waals surface area contributed by atoms with Crippen LogP contribution in [0.2, 0.25) is 0 Å². The summed E-state index contributed by atoms with van der Waals surface area (Å²) in [5.41, 5.74) is 2.78. The maximum Gasteiger partial charge on any atom is -0.0262 e. The van der Waals surface area contributed by atoms with E-state index in [-0.39, 0.29) is 0 Å². The first-order chi connectivity index (χ1) is 7.07. The summed E-state index contributed by atoms with van der Waals surface area (Å²) in [6.07, 6.45) is 9.23. The van der Waals surface area contributed by atoms with Gasteiger partial charge in [-0.15, -0.1) is 0 Å². The number of hydrogen-bond donors (Lipinski definition) is 0. The molecule has 0 atom stereocenters. The van der Waals surface area contributed by atoms with Crippen LogP contribution in [0.4, 0.5) is 0 Å². The van der Waals surface area contributed by atoms with E-state index in [0.29, 0.717) is 0 Å². The number of hydrogen-bond acceptors (Lipinski definition) is 0. The van der Waals surface area contributed by atoms with Gasteiger partial charge in [0.2, 0.25) is 0 Å². The van der Waals surface area contributed by atoms with E-state index < -0.39 is 0 Å². The predicted octanol–water partition coefficient (Wildman–Crippen LogP) is 5.00. The third-order valence-corrected chi connectivity index (χ3v) is 1.41. The van der Waals surface area contributed by atoms with Gasteiger partial charge in [0.05, 0.1) is 0 Å². The van der Waals surface area contributed by atoms with Gasteiger partial charge in [0.15, 0.2) is 0 Å². The largest absolute Gasteiger partial charge is 0.0991 e. The summed E-state index contributed by atoms with van der Waals surface area (Å²) < 4.78 is 0. The molecule has 0 unspecified atom stereocenters. The van der Waals surface area contributed by atoms with Gasteiger partial charge in [0.1, 0.15) is 0 Å². The van der Waals surface area contributed by atoms with E-state index >= 15 is 0 Å². The molecule has 0 saturated heterocycles. The Kier molecular flexibility index (Phi) is 11.1. The van der Waals surface area contributed by atoms with Gasteiger partial charge in [-0.1, -0.05) is 76.1 Å². The zero-order valence-corrected chi connectivity index (χ0v) is 10.2. The molecule has 0 fully saturated rings. The SMILES string of the molecule is C=C/C=C\C(=C)C(=C)/C=C\C(=C)C.CC. The van der Waals surface area contributed by atoms with Crippen LogP contribution in [0.3, 0.4) is 0 Å². The quantitative estimate of drug-likeness (QED) is 0.550. The van der Waals surface area contributed by atoms with Gasteiger partial charge in [-0.2, -0.15) is 0 Å². The molecule has 0 aromatic carbocycles. The lowest BCUT2D eigenvalue weighted by Gasteiger charge is -1.97. The fourth-order valence-corrected chi connectivity index (χ4v) is 0.641. The second-order valence-corrected chi connectivity index (χ2v) is 2.82. The number of allylic oxidation sites excluding steroid dienone is 8. The highest BCUT2D eigenvalue weighted by Gasteiger charge is 1.89. The molecule has 0 aliphatic carbocycles. The number of rotatable bonds is 5. The lowest BCUT2D eigenvalue weighted by atomic mass is 10.1. The highest BCUT2D eigenvalue weighted by Crippen LogP contribution is 2.09. The normalized spacial score (nSPS) is 9.53. The van der Waals surface area contributed by atoms with Crippen LogP contribution < -0.4 is 0 Å². The molecule has 0 aromatic rings. The third-order valence-electron chi connectivity index (χ3n) is 1.41. The first kappa shape index (κ1) is 15.9. The van der Waals surface area contributed by atoms with Gasteiger partial charge in [-0.3, -0.25) is 0 Å². The Labute approximate surface area is 94.7 Å². The predicted molar refractivity (Wildman–Crippen MR) is 72.9 cm³/mol. The summed E-state index contributed by atoms with van der Waals surface area (Å²) in [5.74, 6) is 0. The molecule has 0 saturated carbocycles. The monoisotopic (exact) mass is 202 g/mol. The summed E-state index contributed by atoms with van der Waals surface area (Å²) >= 11 is 0. The molecule has 0 aromatic heterocycles. The van der Waals surface area contributed by atoms with Gasteiger partial charge < -0.3 is 0 Å². The standard InChI is InChI=1S/C13H16.C2H6/c1-6-7-8-12(4)13(5)10-9-11(2)3;1-2/h6-10H,1-2,4-5H2,3H3;1-2H3/b8-7-,10-9-;. The second-order valence-electron chi connectivity index (χ2n) is 2.82. The maximum absolute atomic E-state index is 3.87. The summed E-state index contributed by atoms with van der Waals surface area (Å²) in [7, 11) is 0. The molecule has 15 heavy (non-hydrogen) atoms. The minimum absolute atomic E-state index is 0.886. The molecule has 0 bridgehead atoms. The third kappa shape index (κ3) is 10.4. The van der Waals surface area contributed by atoms with Gasteiger partial charge in [-0.05, 0) is 18.1 Å². The smallest absolute Gasteiger partial charge is 0.0262 e. The Bertz CT molecular complexity index is 285. The first-order valence-electron chi connectivity index (χ1n) is 5.08. The van der Waals surface area contributed by atoms with E-state index in [4.69, 9.17) is 0 Å². The van der Waals surface area contributed by atoms with E-state index in [1.165, 1.54) is 0 Å². The van der Waals surface area contributed by atoms with Crippen molar-refractivity contribution in [3.63, 3.8) is 0 Å². The summed E-state index contributed by atoms with van der Waals surface area (Å²) in [6.45, 7) is 21.0. The van der Waals surface area contributed by atoms with Crippen LogP contribution in [0.25, 0.3) is 0 Å². The van der Waals surface area contributed by atoms with E-state index in [9.17, 15) is 0 Å².